The highest BCUT2D eigenvalue weighted by Crippen LogP contribution is 2.38. The van der Waals surface area contributed by atoms with E-state index >= 15 is 0 Å². The molecule has 1 aromatic rings. The van der Waals surface area contributed by atoms with Gasteiger partial charge in [0.25, 0.3) is 0 Å². The van der Waals surface area contributed by atoms with Crippen LogP contribution in [0.3, 0.4) is 0 Å². The van der Waals surface area contributed by atoms with Crippen molar-refractivity contribution in [1.29, 1.82) is 0 Å². The summed E-state index contributed by atoms with van der Waals surface area (Å²) in [4.78, 5) is 15.9. The van der Waals surface area contributed by atoms with E-state index in [0.717, 1.165) is 18.7 Å². The molecule has 1 heterocycles. The molecule has 2 rings (SSSR count). The molecule has 0 saturated heterocycles. The molecule has 1 aliphatic rings. The summed E-state index contributed by atoms with van der Waals surface area (Å²) in [5.41, 5.74) is 6.34. The molecule has 0 aromatic carbocycles. The number of carbonyl (C=O) groups is 1. The maximum Gasteiger partial charge on any atom is 0.360 e. The quantitative estimate of drug-likeness (QED) is 0.834. The van der Waals surface area contributed by atoms with Crippen LogP contribution in [0.1, 0.15) is 55.5 Å². The number of nitrogens with two attached hydrogens (primary N) is 1. The van der Waals surface area contributed by atoms with Crippen molar-refractivity contribution in [2.45, 2.75) is 46.1 Å². The molecule has 0 amide bonds. The van der Waals surface area contributed by atoms with Crippen molar-refractivity contribution in [2.24, 2.45) is 11.8 Å². The van der Waals surface area contributed by atoms with E-state index in [2.05, 4.69) is 18.8 Å². The van der Waals surface area contributed by atoms with Crippen LogP contribution in [0.25, 0.3) is 0 Å². The van der Waals surface area contributed by atoms with Gasteiger partial charge in [-0.25, -0.2) is 9.78 Å². The number of nitrogen functional groups attached to an aromatic ring is 1. The molecule has 106 valence electrons. The van der Waals surface area contributed by atoms with Gasteiger partial charge in [0.2, 0.25) is 0 Å². The van der Waals surface area contributed by atoms with Gasteiger partial charge in [0, 0.05) is 6.04 Å². The normalized spacial score (nSPS) is 27.3. The minimum Gasteiger partial charge on any atom is -0.464 e. The Balaban J connectivity index is 2.34. The lowest BCUT2D eigenvalue weighted by atomic mass is 9.80. The second kappa shape index (κ2) is 5.23. The molecule has 0 radical (unpaired) electrons. The van der Waals surface area contributed by atoms with Gasteiger partial charge >= 0.3 is 5.97 Å². The molecule has 5 nitrogen and oxygen atoms in total. The first-order chi connectivity index (χ1) is 8.93. The SMILES string of the molecule is COC(=O)c1nc(C)n(C2CC(C)CC(C)C2)c1N. The van der Waals surface area contributed by atoms with Gasteiger partial charge in [-0.1, -0.05) is 13.8 Å². The average molecular weight is 265 g/mol. The lowest BCUT2D eigenvalue weighted by molar-refractivity contribution is 0.0595. The lowest BCUT2D eigenvalue weighted by Gasteiger charge is -2.33. The maximum absolute atomic E-state index is 11.6. The first-order valence-electron chi connectivity index (χ1n) is 6.86. The van der Waals surface area contributed by atoms with Crippen LogP contribution in [0.5, 0.6) is 0 Å². The Morgan fingerprint density at radius 1 is 1.32 bits per heavy atom. The van der Waals surface area contributed by atoms with Crippen molar-refractivity contribution in [3.63, 3.8) is 0 Å². The van der Waals surface area contributed by atoms with Crippen molar-refractivity contribution < 1.29 is 9.53 Å². The third-order valence-corrected chi connectivity index (χ3v) is 4.02. The van der Waals surface area contributed by atoms with Gasteiger partial charge in [0.15, 0.2) is 5.69 Å². The Kier molecular flexibility index (Phi) is 3.83. The molecule has 5 heteroatoms. The van der Waals surface area contributed by atoms with E-state index in [1.807, 2.05) is 11.5 Å². The van der Waals surface area contributed by atoms with Crippen LogP contribution in [-0.4, -0.2) is 22.6 Å². The Labute approximate surface area is 114 Å². The van der Waals surface area contributed by atoms with Crippen LogP contribution in [0.4, 0.5) is 5.82 Å². The highest BCUT2D eigenvalue weighted by molar-refractivity contribution is 5.92. The van der Waals surface area contributed by atoms with Crippen molar-refractivity contribution in [3.05, 3.63) is 11.5 Å². The summed E-state index contributed by atoms with van der Waals surface area (Å²) in [5.74, 6) is 2.13. The zero-order valence-electron chi connectivity index (χ0n) is 12.1. The lowest BCUT2D eigenvalue weighted by Crippen LogP contribution is -2.24. The van der Waals surface area contributed by atoms with Gasteiger partial charge in [-0.2, -0.15) is 0 Å². The molecule has 1 aromatic heterocycles. The van der Waals surface area contributed by atoms with E-state index < -0.39 is 5.97 Å². The maximum atomic E-state index is 11.6. The van der Waals surface area contributed by atoms with Crippen molar-refractivity contribution in [3.8, 4) is 0 Å². The third-order valence-electron chi connectivity index (χ3n) is 4.02. The molecule has 0 aliphatic heterocycles. The number of hydrogen-bond acceptors (Lipinski definition) is 4. The number of nitrogens with zero attached hydrogens (tertiary/aromatic N) is 2. The smallest absolute Gasteiger partial charge is 0.360 e. The number of anilines is 1. The molecule has 0 bridgehead atoms. The predicted octanol–water partition coefficient (Wildman–Crippen LogP) is 2.56. The van der Waals surface area contributed by atoms with E-state index in [-0.39, 0.29) is 5.69 Å². The molecule has 1 saturated carbocycles. The number of ether oxygens (including phenoxy) is 1. The number of esters is 1. The predicted molar refractivity (Wildman–Crippen MR) is 73.9 cm³/mol. The number of aromatic nitrogens is 2. The van der Waals surface area contributed by atoms with Crippen molar-refractivity contribution in [1.82, 2.24) is 9.55 Å². The van der Waals surface area contributed by atoms with Gasteiger partial charge in [-0.05, 0) is 38.0 Å². The monoisotopic (exact) mass is 265 g/mol. The number of rotatable bonds is 2. The van der Waals surface area contributed by atoms with E-state index in [9.17, 15) is 4.79 Å². The highest BCUT2D eigenvalue weighted by Gasteiger charge is 2.29. The van der Waals surface area contributed by atoms with Crippen molar-refractivity contribution >= 4 is 11.8 Å². The van der Waals surface area contributed by atoms with Crippen LogP contribution < -0.4 is 5.73 Å². The Morgan fingerprint density at radius 3 is 2.42 bits per heavy atom. The van der Waals surface area contributed by atoms with Gasteiger partial charge in [0.05, 0.1) is 7.11 Å². The summed E-state index contributed by atoms with van der Waals surface area (Å²) >= 11 is 0. The Bertz CT molecular complexity index is 471. The van der Waals surface area contributed by atoms with Crippen LogP contribution in [0, 0.1) is 18.8 Å². The van der Waals surface area contributed by atoms with Crippen LogP contribution in [-0.2, 0) is 4.74 Å². The third kappa shape index (κ3) is 2.60. The molecular formula is C14H23N3O2. The summed E-state index contributed by atoms with van der Waals surface area (Å²) in [7, 11) is 1.35. The Hall–Kier alpha value is -1.52. The molecule has 1 fully saturated rings. The zero-order chi connectivity index (χ0) is 14.2. The minimum absolute atomic E-state index is 0.242. The van der Waals surface area contributed by atoms with Gasteiger partial charge in [0.1, 0.15) is 11.6 Å². The summed E-state index contributed by atoms with van der Waals surface area (Å²) in [6.45, 7) is 6.44. The summed E-state index contributed by atoms with van der Waals surface area (Å²) in [6, 6.07) is 0.338. The minimum atomic E-state index is -0.462. The molecule has 0 spiro atoms. The van der Waals surface area contributed by atoms with Crippen LogP contribution >= 0.6 is 0 Å². The fourth-order valence-electron chi connectivity index (χ4n) is 3.38. The second-order valence-electron chi connectivity index (χ2n) is 5.83. The zero-order valence-corrected chi connectivity index (χ0v) is 12.1. The fourth-order valence-corrected chi connectivity index (χ4v) is 3.38. The summed E-state index contributed by atoms with van der Waals surface area (Å²) < 4.78 is 6.73. The number of imidazole rings is 1. The van der Waals surface area contributed by atoms with Gasteiger partial charge < -0.3 is 15.0 Å². The van der Waals surface area contributed by atoms with E-state index in [1.54, 1.807) is 0 Å². The molecule has 2 atom stereocenters. The van der Waals surface area contributed by atoms with Crippen molar-refractivity contribution in [2.75, 3.05) is 12.8 Å². The fraction of sp³-hybridized carbons (Fsp3) is 0.714. The van der Waals surface area contributed by atoms with E-state index in [1.165, 1.54) is 13.5 Å². The first kappa shape index (κ1) is 13.9. The van der Waals surface area contributed by atoms with Crippen LogP contribution in [0.2, 0.25) is 0 Å². The number of carbonyl (C=O) groups excluding carboxylic acids is 1. The number of methoxy groups -OCH3 is 1. The molecule has 2 N–H and O–H groups in total. The van der Waals surface area contributed by atoms with Gasteiger partial charge in [-0.15, -0.1) is 0 Å². The van der Waals surface area contributed by atoms with Gasteiger partial charge in [-0.3, -0.25) is 0 Å². The highest BCUT2D eigenvalue weighted by atomic mass is 16.5. The Morgan fingerprint density at radius 2 is 1.89 bits per heavy atom. The second-order valence-corrected chi connectivity index (χ2v) is 5.83. The molecule has 1 aliphatic carbocycles. The molecular weight excluding hydrogens is 242 g/mol. The molecule has 2 unspecified atom stereocenters. The summed E-state index contributed by atoms with van der Waals surface area (Å²) in [5, 5.41) is 0. The first-order valence-corrected chi connectivity index (χ1v) is 6.86. The summed E-state index contributed by atoms with van der Waals surface area (Å²) in [6.07, 6.45) is 3.44. The standard InChI is InChI=1S/C14H23N3O2/c1-8-5-9(2)7-11(6-8)17-10(3)16-12(13(17)15)14(18)19-4/h8-9,11H,5-7,15H2,1-4H3. The van der Waals surface area contributed by atoms with Crippen LogP contribution in [0.15, 0.2) is 0 Å². The largest absolute Gasteiger partial charge is 0.464 e. The topological polar surface area (TPSA) is 70.1 Å². The number of hydrogen-bond donors (Lipinski definition) is 1. The van der Waals surface area contributed by atoms with E-state index in [0.29, 0.717) is 23.7 Å². The average Bonchev–Trinajstić information content (AvgIpc) is 2.62. The number of aryl methyl sites for hydroxylation is 1. The molecule has 19 heavy (non-hydrogen) atoms. The van der Waals surface area contributed by atoms with E-state index in [4.69, 9.17) is 10.5 Å².